The van der Waals surface area contributed by atoms with E-state index in [0.29, 0.717) is 5.69 Å². The predicted octanol–water partition coefficient (Wildman–Crippen LogP) is 2.34. The molecule has 5 nitrogen and oxygen atoms in total. The summed E-state index contributed by atoms with van der Waals surface area (Å²) in [6.45, 7) is 6.08. The quantitative estimate of drug-likeness (QED) is 0.838. The average Bonchev–Trinajstić information content (AvgIpc) is 2.56. The van der Waals surface area contributed by atoms with Gasteiger partial charge in [0.25, 0.3) is 5.91 Å². The van der Waals surface area contributed by atoms with Gasteiger partial charge < -0.3 is 9.80 Å². The highest BCUT2D eigenvalue weighted by Gasteiger charge is 2.21. The van der Waals surface area contributed by atoms with Crippen molar-refractivity contribution in [3.63, 3.8) is 0 Å². The number of rotatable bonds is 2. The molecule has 2 aliphatic heterocycles. The Morgan fingerprint density at radius 3 is 2.38 bits per heavy atom. The number of carbonyl (C=O) groups excluding carboxylic acids is 1. The number of hydrogen-bond acceptors (Lipinski definition) is 4. The number of aromatic nitrogens is 2. The SMILES string of the molecule is CC1CCN(c2cnc(C(=O)N3CCCCC3)cn2)CC1. The third-order valence-corrected chi connectivity index (χ3v) is 4.61. The fourth-order valence-electron chi connectivity index (χ4n) is 3.09. The summed E-state index contributed by atoms with van der Waals surface area (Å²) in [4.78, 5) is 25.3. The first-order valence-electron chi connectivity index (χ1n) is 8.10. The molecule has 2 saturated heterocycles. The molecule has 0 aliphatic carbocycles. The van der Waals surface area contributed by atoms with Crippen molar-refractivity contribution in [3.8, 4) is 0 Å². The van der Waals surface area contributed by atoms with Gasteiger partial charge in [-0.2, -0.15) is 0 Å². The van der Waals surface area contributed by atoms with Gasteiger partial charge in [-0.1, -0.05) is 6.92 Å². The number of anilines is 1. The fourth-order valence-corrected chi connectivity index (χ4v) is 3.09. The van der Waals surface area contributed by atoms with Crippen molar-refractivity contribution in [2.24, 2.45) is 5.92 Å². The van der Waals surface area contributed by atoms with E-state index in [1.54, 1.807) is 12.4 Å². The number of likely N-dealkylation sites (tertiary alicyclic amines) is 1. The van der Waals surface area contributed by atoms with Gasteiger partial charge in [0, 0.05) is 26.2 Å². The van der Waals surface area contributed by atoms with Gasteiger partial charge in [-0.3, -0.25) is 4.79 Å². The van der Waals surface area contributed by atoms with Crippen LogP contribution in [0.5, 0.6) is 0 Å². The Bertz CT molecular complexity index is 474. The topological polar surface area (TPSA) is 49.3 Å². The van der Waals surface area contributed by atoms with E-state index in [4.69, 9.17) is 0 Å². The Kier molecular flexibility index (Phi) is 4.36. The van der Waals surface area contributed by atoms with E-state index in [1.807, 2.05) is 4.90 Å². The van der Waals surface area contributed by atoms with E-state index in [9.17, 15) is 4.79 Å². The molecule has 5 heteroatoms. The third kappa shape index (κ3) is 3.34. The Hall–Kier alpha value is -1.65. The predicted molar refractivity (Wildman–Crippen MR) is 82.4 cm³/mol. The van der Waals surface area contributed by atoms with Crippen LogP contribution in [0.3, 0.4) is 0 Å². The van der Waals surface area contributed by atoms with Crippen LogP contribution in [0.1, 0.15) is 49.5 Å². The largest absolute Gasteiger partial charge is 0.355 e. The molecule has 0 spiro atoms. The number of hydrogen-bond donors (Lipinski definition) is 0. The third-order valence-electron chi connectivity index (χ3n) is 4.61. The first-order valence-corrected chi connectivity index (χ1v) is 8.10. The molecule has 1 aromatic rings. The highest BCUT2D eigenvalue weighted by Crippen LogP contribution is 2.21. The molecular formula is C16H24N4O. The average molecular weight is 288 g/mol. The second-order valence-electron chi connectivity index (χ2n) is 6.28. The van der Waals surface area contributed by atoms with E-state index < -0.39 is 0 Å². The lowest BCUT2D eigenvalue weighted by Gasteiger charge is -2.31. The van der Waals surface area contributed by atoms with Crippen LogP contribution < -0.4 is 4.90 Å². The van der Waals surface area contributed by atoms with Gasteiger partial charge in [0.05, 0.1) is 12.4 Å². The maximum atomic E-state index is 12.3. The second kappa shape index (κ2) is 6.41. The van der Waals surface area contributed by atoms with Crippen molar-refractivity contribution < 1.29 is 4.79 Å². The zero-order valence-electron chi connectivity index (χ0n) is 12.8. The van der Waals surface area contributed by atoms with Gasteiger partial charge in [-0.05, 0) is 38.0 Å². The molecule has 1 aromatic heterocycles. The molecule has 0 saturated carbocycles. The van der Waals surface area contributed by atoms with Crippen LogP contribution in [0, 0.1) is 5.92 Å². The first kappa shape index (κ1) is 14.3. The second-order valence-corrected chi connectivity index (χ2v) is 6.28. The van der Waals surface area contributed by atoms with Crippen LogP contribution in [0.25, 0.3) is 0 Å². The highest BCUT2D eigenvalue weighted by atomic mass is 16.2. The molecule has 0 unspecified atom stereocenters. The van der Waals surface area contributed by atoms with Gasteiger partial charge >= 0.3 is 0 Å². The van der Waals surface area contributed by atoms with Crippen molar-refractivity contribution in [2.75, 3.05) is 31.1 Å². The molecule has 3 heterocycles. The van der Waals surface area contributed by atoms with Gasteiger partial charge in [0.1, 0.15) is 11.5 Å². The lowest BCUT2D eigenvalue weighted by atomic mass is 9.99. The normalized spacial score (nSPS) is 20.6. The molecule has 114 valence electrons. The zero-order chi connectivity index (χ0) is 14.7. The molecule has 1 amide bonds. The minimum Gasteiger partial charge on any atom is -0.355 e. The standard InChI is InChI=1S/C16H24N4O/c1-13-5-9-19(10-6-13)15-12-17-14(11-18-15)16(21)20-7-3-2-4-8-20/h11-13H,2-10H2,1H3. The van der Waals surface area contributed by atoms with Crippen molar-refractivity contribution in [1.29, 1.82) is 0 Å². The minimum atomic E-state index is 0.0287. The molecule has 2 fully saturated rings. The summed E-state index contributed by atoms with van der Waals surface area (Å²) in [5.41, 5.74) is 0.478. The number of amides is 1. The Morgan fingerprint density at radius 1 is 1.05 bits per heavy atom. The lowest BCUT2D eigenvalue weighted by molar-refractivity contribution is 0.0718. The lowest BCUT2D eigenvalue weighted by Crippen LogP contribution is -2.36. The molecule has 21 heavy (non-hydrogen) atoms. The molecule has 0 bridgehead atoms. The van der Waals surface area contributed by atoms with Crippen molar-refractivity contribution in [1.82, 2.24) is 14.9 Å². The Balaban J connectivity index is 1.64. The summed E-state index contributed by atoms with van der Waals surface area (Å²) in [6.07, 6.45) is 9.23. The molecule has 2 aliphatic rings. The fraction of sp³-hybridized carbons (Fsp3) is 0.688. The van der Waals surface area contributed by atoms with Crippen molar-refractivity contribution in [2.45, 2.75) is 39.0 Å². The minimum absolute atomic E-state index is 0.0287. The molecule has 0 N–H and O–H groups in total. The monoisotopic (exact) mass is 288 g/mol. The maximum Gasteiger partial charge on any atom is 0.274 e. The summed E-state index contributed by atoms with van der Waals surface area (Å²) in [5, 5.41) is 0. The molecule has 0 radical (unpaired) electrons. The van der Waals surface area contributed by atoms with Crippen molar-refractivity contribution >= 4 is 11.7 Å². The van der Waals surface area contributed by atoms with Crippen molar-refractivity contribution in [3.05, 3.63) is 18.1 Å². The zero-order valence-corrected chi connectivity index (χ0v) is 12.8. The number of nitrogens with zero attached hydrogens (tertiary/aromatic N) is 4. The van der Waals surface area contributed by atoms with E-state index in [2.05, 4.69) is 21.8 Å². The van der Waals surface area contributed by atoms with Gasteiger partial charge in [0.15, 0.2) is 0 Å². The summed E-state index contributed by atoms with van der Waals surface area (Å²) in [5.74, 6) is 1.73. The summed E-state index contributed by atoms with van der Waals surface area (Å²) >= 11 is 0. The van der Waals surface area contributed by atoms with Crippen LogP contribution in [0.15, 0.2) is 12.4 Å². The summed E-state index contributed by atoms with van der Waals surface area (Å²) in [6, 6.07) is 0. The van der Waals surface area contributed by atoms with E-state index >= 15 is 0 Å². The van der Waals surface area contributed by atoms with E-state index in [-0.39, 0.29) is 5.91 Å². The Labute approximate surface area is 126 Å². The van der Waals surface area contributed by atoms with Gasteiger partial charge in [-0.25, -0.2) is 9.97 Å². The molecule has 0 aromatic carbocycles. The van der Waals surface area contributed by atoms with Crippen LogP contribution in [-0.4, -0.2) is 47.0 Å². The van der Waals surface area contributed by atoms with Gasteiger partial charge in [-0.15, -0.1) is 0 Å². The highest BCUT2D eigenvalue weighted by molar-refractivity contribution is 5.92. The Morgan fingerprint density at radius 2 is 1.76 bits per heavy atom. The van der Waals surface area contributed by atoms with Crippen LogP contribution >= 0.6 is 0 Å². The van der Waals surface area contributed by atoms with Crippen LogP contribution in [0.4, 0.5) is 5.82 Å². The van der Waals surface area contributed by atoms with E-state index in [1.165, 1.54) is 19.3 Å². The summed E-state index contributed by atoms with van der Waals surface area (Å²) < 4.78 is 0. The summed E-state index contributed by atoms with van der Waals surface area (Å²) in [7, 11) is 0. The van der Waals surface area contributed by atoms with E-state index in [0.717, 1.165) is 50.8 Å². The number of piperidine rings is 2. The smallest absolute Gasteiger partial charge is 0.274 e. The van der Waals surface area contributed by atoms with Crippen LogP contribution in [0.2, 0.25) is 0 Å². The van der Waals surface area contributed by atoms with Gasteiger partial charge in [0.2, 0.25) is 0 Å². The van der Waals surface area contributed by atoms with Crippen LogP contribution in [-0.2, 0) is 0 Å². The number of carbonyl (C=O) groups is 1. The first-order chi connectivity index (χ1) is 10.2. The molecule has 3 rings (SSSR count). The molecule has 0 atom stereocenters. The molecular weight excluding hydrogens is 264 g/mol. The maximum absolute atomic E-state index is 12.3.